The van der Waals surface area contributed by atoms with Crippen molar-refractivity contribution in [3.8, 4) is 11.3 Å². The fraction of sp³-hybridized carbons (Fsp3) is 0.514. The van der Waals surface area contributed by atoms with Crippen molar-refractivity contribution in [3.05, 3.63) is 59.2 Å². The van der Waals surface area contributed by atoms with Gasteiger partial charge in [0.1, 0.15) is 6.33 Å². The number of hydrogen-bond donors (Lipinski definition) is 1. The summed E-state index contributed by atoms with van der Waals surface area (Å²) in [6, 6.07) is 10.0. The van der Waals surface area contributed by atoms with Gasteiger partial charge in [-0.2, -0.15) is 0 Å². The molecule has 0 aliphatic carbocycles. The number of aromatic nitrogens is 3. The van der Waals surface area contributed by atoms with Crippen LogP contribution in [0.25, 0.3) is 32.4 Å². The molecule has 8 heteroatoms. The molecule has 3 aromatic heterocycles. The number of pyridine rings is 1. The number of aliphatic hydroxyl groups excluding tert-OH is 1. The Labute approximate surface area is 289 Å². The van der Waals surface area contributed by atoms with Crippen LogP contribution in [-0.2, 0) is 30.3 Å². The molecule has 0 atom stereocenters. The number of benzene rings is 1. The number of nitrogens with zero attached hydrogens (tertiary/aromatic N) is 3. The van der Waals surface area contributed by atoms with Gasteiger partial charge in [-0.15, -0.1) is 29.5 Å². The summed E-state index contributed by atoms with van der Waals surface area (Å²) >= 11 is 1.87. The van der Waals surface area contributed by atoms with Crippen molar-refractivity contribution in [3.63, 3.8) is 0 Å². The van der Waals surface area contributed by atoms with Crippen LogP contribution < -0.4 is 4.50 Å². The first-order chi connectivity index (χ1) is 20.6. The van der Waals surface area contributed by atoms with E-state index in [4.69, 9.17) is 9.97 Å². The number of ketones is 1. The summed E-state index contributed by atoms with van der Waals surface area (Å²) in [4.78, 5) is 25.9. The zero-order valence-corrected chi connectivity index (χ0v) is 33.5. The molecule has 4 rings (SSSR count). The normalized spacial score (nSPS) is 12.4. The van der Waals surface area contributed by atoms with Crippen LogP contribution in [0.2, 0.25) is 19.6 Å². The van der Waals surface area contributed by atoms with Crippen molar-refractivity contribution in [1.82, 2.24) is 15.0 Å². The molecule has 0 unspecified atom stereocenters. The van der Waals surface area contributed by atoms with Gasteiger partial charge in [-0.05, 0) is 55.0 Å². The van der Waals surface area contributed by atoms with Gasteiger partial charge in [-0.3, -0.25) is 14.8 Å². The predicted molar refractivity (Wildman–Crippen MR) is 192 cm³/mol. The zero-order chi connectivity index (χ0) is 33.0. The first-order valence-corrected chi connectivity index (χ1v) is 20.4. The van der Waals surface area contributed by atoms with E-state index in [1.54, 1.807) is 6.33 Å². The van der Waals surface area contributed by atoms with Crippen LogP contribution in [0.1, 0.15) is 91.0 Å². The maximum absolute atomic E-state index is 11.7. The Morgan fingerprint density at radius 1 is 0.978 bits per heavy atom. The topological polar surface area (TPSA) is 76.0 Å². The van der Waals surface area contributed by atoms with E-state index in [0.29, 0.717) is 0 Å². The fourth-order valence-corrected chi connectivity index (χ4v) is 9.46. The van der Waals surface area contributed by atoms with Crippen molar-refractivity contribution in [1.29, 1.82) is 0 Å². The molecular weight excluding hydrogens is 771 g/mol. The summed E-state index contributed by atoms with van der Waals surface area (Å²) < 4.78 is 2.68. The van der Waals surface area contributed by atoms with E-state index in [1.807, 2.05) is 46.0 Å². The summed E-state index contributed by atoms with van der Waals surface area (Å²) in [5.74, 6) is 0.547. The molecule has 1 N–H and O–H groups in total. The number of aryl methyl sites for hydroxylation is 2. The number of allylic oxidation sites excluding steroid dienone is 2. The zero-order valence-electron chi connectivity index (χ0n) is 29.3. The van der Waals surface area contributed by atoms with E-state index in [-0.39, 0.29) is 48.9 Å². The summed E-state index contributed by atoms with van der Waals surface area (Å²) in [6.07, 6.45) is 6.61. The maximum Gasteiger partial charge on any atom is 0.162 e. The van der Waals surface area contributed by atoms with Crippen LogP contribution in [0.5, 0.6) is 0 Å². The standard InChI is InChI=1S/C24H28N3SSi.C13H24O2.Ir/c1-14-9-10-16-11-17(12-18(20(16)27-14)24(3,4)5)21-22-19(25-13-26-21)15(2)23(28-22)29(6,7)8;1-5-10(6-2)12(14)9-13(15)11(7-3)8-4;/h9-10,12-13H,1-8H3;9-11,14H,5-8H2,1-4H3;/q-1;;/b;12-9-;. The number of aliphatic hydroxyl groups is 1. The van der Waals surface area contributed by atoms with Crippen LogP contribution in [0.15, 0.2) is 36.4 Å². The van der Waals surface area contributed by atoms with E-state index in [1.165, 1.54) is 26.4 Å². The van der Waals surface area contributed by atoms with Gasteiger partial charge in [0.2, 0.25) is 0 Å². The molecule has 0 fully saturated rings. The molecule has 3 heterocycles. The summed E-state index contributed by atoms with van der Waals surface area (Å²) in [5, 5.41) is 10.8. The molecule has 247 valence electrons. The average molecular weight is 823 g/mol. The molecule has 0 saturated carbocycles. The van der Waals surface area contributed by atoms with Gasteiger partial charge in [0, 0.05) is 59.6 Å². The third-order valence-electron chi connectivity index (χ3n) is 8.38. The maximum atomic E-state index is 11.7. The van der Waals surface area contributed by atoms with E-state index in [0.717, 1.165) is 59.1 Å². The second kappa shape index (κ2) is 16.0. The molecule has 1 aromatic carbocycles. The van der Waals surface area contributed by atoms with E-state index in [2.05, 4.69) is 76.6 Å². The van der Waals surface area contributed by atoms with Gasteiger partial charge in [-0.25, -0.2) is 4.98 Å². The smallest absolute Gasteiger partial charge is 0.162 e. The minimum atomic E-state index is -1.45. The largest absolute Gasteiger partial charge is 0.512 e. The van der Waals surface area contributed by atoms with Gasteiger partial charge in [-0.1, -0.05) is 90.7 Å². The molecule has 0 aliphatic heterocycles. The number of hydrogen-bond acceptors (Lipinski definition) is 6. The van der Waals surface area contributed by atoms with Crippen molar-refractivity contribution < 1.29 is 30.0 Å². The Bertz CT molecular complexity index is 1640. The summed E-state index contributed by atoms with van der Waals surface area (Å²) in [6.45, 7) is 26.2. The Balaban J connectivity index is 0.000000378. The van der Waals surface area contributed by atoms with Crippen molar-refractivity contribution in [2.75, 3.05) is 0 Å². The van der Waals surface area contributed by atoms with E-state index >= 15 is 0 Å². The van der Waals surface area contributed by atoms with Crippen LogP contribution >= 0.6 is 11.3 Å². The van der Waals surface area contributed by atoms with E-state index < -0.39 is 8.07 Å². The van der Waals surface area contributed by atoms with Crippen LogP contribution in [0, 0.1) is 31.7 Å². The molecule has 4 aromatic rings. The average Bonchev–Trinajstić information content (AvgIpc) is 3.30. The van der Waals surface area contributed by atoms with Gasteiger partial charge < -0.3 is 5.11 Å². The SMILES string of the molecule is CCC(CC)C(=O)/C=C(\O)C(CC)CC.Cc1ccc2[c-]c(-c3ncnc4c(C)c([Si](C)(C)C)sc34)cc(C(C)(C)C)c2n1.[Ir]. The molecule has 0 spiro atoms. The predicted octanol–water partition coefficient (Wildman–Crippen LogP) is 10.0. The molecule has 5 nitrogen and oxygen atoms in total. The second-order valence-corrected chi connectivity index (χ2v) is 20.3. The van der Waals surface area contributed by atoms with Crippen molar-refractivity contribution in [2.45, 2.75) is 113 Å². The third kappa shape index (κ3) is 9.18. The second-order valence-electron chi connectivity index (χ2n) is 13.9. The van der Waals surface area contributed by atoms with Gasteiger partial charge in [0.05, 0.1) is 19.3 Å². The summed E-state index contributed by atoms with van der Waals surface area (Å²) in [7, 11) is -1.45. The number of rotatable bonds is 9. The molecular formula is C37H52IrN3O2SSi-. The van der Waals surface area contributed by atoms with Gasteiger partial charge in [0.25, 0.3) is 0 Å². The molecule has 45 heavy (non-hydrogen) atoms. The third-order valence-corrected chi connectivity index (χ3v) is 13.4. The Hall–Kier alpha value is -2.25. The van der Waals surface area contributed by atoms with Crippen LogP contribution in [0.3, 0.4) is 0 Å². The fourth-order valence-electron chi connectivity index (χ4n) is 5.67. The number of thiophene rings is 1. The Kier molecular flexibility index (Phi) is 13.9. The quantitative estimate of drug-likeness (QED) is 0.0788. The van der Waals surface area contributed by atoms with Crippen molar-refractivity contribution in [2.24, 2.45) is 11.8 Å². The molecule has 0 saturated heterocycles. The Morgan fingerprint density at radius 2 is 1.58 bits per heavy atom. The van der Waals surface area contributed by atoms with E-state index in [9.17, 15) is 9.90 Å². The molecule has 1 radical (unpaired) electrons. The molecule has 0 aliphatic rings. The first-order valence-electron chi connectivity index (χ1n) is 16.1. The minimum absolute atomic E-state index is 0. The minimum Gasteiger partial charge on any atom is -0.512 e. The number of fused-ring (bicyclic) bond motifs is 2. The van der Waals surface area contributed by atoms with Gasteiger partial charge >= 0.3 is 0 Å². The van der Waals surface area contributed by atoms with Crippen LogP contribution in [0.4, 0.5) is 0 Å². The Morgan fingerprint density at radius 3 is 2.11 bits per heavy atom. The van der Waals surface area contributed by atoms with Gasteiger partial charge in [0.15, 0.2) is 5.78 Å². The van der Waals surface area contributed by atoms with Crippen molar-refractivity contribution >= 4 is 50.8 Å². The number of carbonyl (C=O) groups is 1. The molecule has 0 bridgehead atoms. The first kappa shape index (κ1) is 38.9. The monoisotopic (exact) mass is 823 g/mol. The number of carbonyl (C=O) groups excluding carboxylic acids is 1. The summed E-state index contributed by atoms with van der Waals surface area (Å²) in [5.41, 5.74) is 7.70. The van der Waals surface area contributed by atoms with Crippen LogP contribution in [-0.4, -0.2) is 33.9 Å². The molecule has 0 amide bonds.